The second-order valence-electron chi connectivity index (χ2n) is 10.4. The molecule has 5 rings (SSSR count). The second-order valence-corrected chi connectivity index (χ2v) is 10.9. The monoisotopic (exact) mass is 569 g/mol. The van der Waals surface area contributed by atoms with Crippen LogP contribution in [0, 0.1) is 5.82 Å². The number of imidazole rings is 1. The zero-order valence-electron chi connectivity index (χ0n) is 22.8. The number of rotatable bonds is 9. The molecule has 0 bridgehead atoms. The van der Waals surface area contributed by atoms with Gasteiger partial charge in [-0.05, 0) is 69.1 Å². The molecule has 1 saturated heterocycles. The van der Waals surface area contributed by atoms with Crippen molar-refractivity contribution in [1.82, 2.24) is 14.5 Å². The summed E-state index contributed by atoms with van der Waals surface area (Å²) in [5.41, 5.74) is 2.09. The van der Waals surface area contributed by atoms with E-state index >= 15 is 0 Å². The Hall–Kier alpha value is -3.40. The van der Waals surface area contributed by atoms with Crippen LogP contribution in [0.2, 0.25) is 5.02 Å². The zero-order chi connectivity index (χ0) is 28.4. The van der Waals surface area contributed by atoms with Gasteiger partial charge in [-0.3, -0.25) is 4.90 Å². The number of aromatic nitrogens is 2. The van der Waals surface area contributed by atoms with Crippen LogP contribution in [0.4, 0.5) is 4.39 Å². The van der Waals surface area contributed by atoms with Crippen LogP contribution in [0.25, 0.3) is 6.08 Å². The van der Waals surface area contributed by atoms with E-state index in [2.05, 4.69) is 16.0 Å². The second kappa shape index (κ2) is 11.6. The van der Waals surface area contributed by atoms with E-state index in [-0.39, 0.29) is 12.0 Å². The number of methoxy groups -OCH3 is 1. The number of ether oxygens (including phenoxy) is 3. The number of halogens is 2. The average Bonchev–Trinajstić information content (AvgIpc) is 3.47. The van der Waals surface area contributed by atoms with Crippen LogP contribution >= 0.6 is 11.6 Å². The molecule has 0 saturated carbocycles. The van der Waals surface area contributed by atoms with Crippen LogP contribution < -0.4 is 9.47 Å². The van der Waals surface area contributed by atoms with E-state index in [9.17, 15) is 9.18 Å². The summed E-state index contributed by atoms with van der Waals surface area (Å²) in [6.07, 6.45) is 6.16. The maximum atomic E-state index is 14.8. The Morgan fingerprint density at radius 1 is 1.30 bits per heavy atom. The Morgan fingerprint density at radius 2 is 2.08 bits per heavy atom. The first kappa shape index (κ1) is 28.1. The molecule has 0 radical (unpaired) electrons. The smallest absolute Gasteiger partial charge is 0.328 e. The third-order valence-corrected chi connectivity index (χ3v) is 7.87. The van der Waals surface area contributed by atoms with Crippen LogP contribution in [0.3, 0.4) is 0 Å². The minimum atomic E-state index is -1.28. The van der Waals surface area contributed by atoms with Crippen molar-refractivity contribution in [2.75, 3.05) is 20.2 Å². The molecule has 212 valence electrons. The fraction of sp³-hybridized carbons (Fsp3) is 0.400. The highest BCUT2D eigenvalue weighted by molar-refractivity contribution is 6.30. The first-order valence-corrected chi connectivity index (χ1v) is 13.7. The number of carbonyl (C=O) groups is 1. The number of para-hydroxylation sites is 1. The van der Waals surface area contributed by atoms with Gasteiger partial charge in [0.1, 0.15) is 11.6 Å². The summed E-state index contributed by atoms with van der Waals surface area (Å²) in [5.74, 6) is -0.365. The number of likely N-dealkylation sites (tertiary alicyclic amines) is 1. The van der Waals surface area contributed by atoms with Gasteiger partial charge in [0.25, 0.3) is 5.79 Å². The third-order valence-electron chi connectivity index (χ3n) is 7.63. The molecule has 10 heteroatoms. The number of piperidine rings is 1. The van der Waals surface area contributed by atoms with Crippen LogP contribution in [0.5, 0.6) is 11.5 Å². The quantitative estimate of drug-likeness (QED) is 0.324. The summed E-state index contributed by atoms with van der Waals surface area (Å²) in [5, 5.41) is 9.38. The Kier molecular flexibility index (Phi) is 8.16. The Labute approximate surface area is 237 Å². The first-order chi connectivity index (χ1) is 19.2. The molecule has 2 unspecified atom stereocenters. The summed E-state index contributed by atoms with van der Waals surface area (Å²) in [6, 6.07) is 10.4. The van der Waals surface area contributed by atoms with Gasteiger partial charge in [0, 0.05) is 30.7 Å². The molecule has 40 heavy (non-hydrogen) atoms. The number of carboxylic acids is 1. The van der Waals surface area contributed by atoms with E-state index in [1.54, 1.807) is 38.4 Å². The summed E-state index contributed by atoms with van der Waals surface area (Å²) < 4.78 is 34.7. The molecule has 2 atom stereocenters. The molecule has 2 aliphatic rings. The van der Waals surface area contributed by atoms with Crippen molar-refractivity contribution >= 4 is 23.6 Å². The zero-order valence-corrected chi connectivity index (χ0v) is 23.5. The number of carboxylic acid groups (broad SMARTS) is 1. The van der Waals surface area contributed by atoms with Gasteiger partial charge in [0.15, 0.2) is 11.5 Å². The summed E-state index contributed by atoms with van der Waals surface area (Å²) in [4.78, 5) is 18.0. The number of nitrogens with zero attached hydrogens (tertiary/aromatic N) is 3. The molecule has 0 aliphatic carbocycles. The number of benzene rings is 2. The van der Waals surface area contributed by atoms with Crippen molar-refractivity contribution in [3.8, 4) is 11.5 Å². The molecule has 2 aliphatic heterocycles. The Morgan fingerprint density at radius 3 is 2.77 bits per heavy atom. The van der Waals surface area contributed by atoms with Crippen molar-refractivity contribution in [3.63, 3.8) is 0 Å². The highest BCUT2D eigenvalue weighted by Crippen LogP contribution is 2.49. The topological polar surface area (TPSA) is 86.0 Å². The predicted octanol–water partition coefficient (Wildman–Crippen LogP) is 5.83. The van der Waals surface area contributed by atoms with E-state index in [0.717, 1.165) is 49.1 Å². The van der Waals surface area contributed by atoms with E-state index < -0.39 is 17.6 Å². The lowest BCUT2D eigenvalue weighted by molar-refractivity contribution is -0.131. The molecule has 1 fully saturated rings. The molecule has 1 aromatic heterocycles. The molecule has 1 N–H and O–H groups in total. The summed E-state index contributed by atoms with van der Waals surface area (Å²) in [6.45, 7) is 6.61. The van der Waals surface area contributed by atoms with Gasteiger partial charge in [0.2, 0.25) is 0 Å². The van der Waals surface area contributed by atoms with E-state index in [0.29, 0.717) is 35.2 Å². The maximum absolute atomic E-state index is 14.8. The Balaban J connectivity index is 1.28. The van der Waals surface area contributed by atoms with Gasteiger partial charge in [-0.15, -0.1) is 0 Å². The van der Waals surface area contributed by atoms with Gasteiger partial charge in [-0.2, -0.15) is 0 Å². The molecular weight excluding hydrogens is 537 g/mol. The van der Waals surface area contributed by atoms with Gasteiger partial charge in [0.05, 0.1) is 36.6 Å². The van der Waals surface area contributed by atoms with E-state index in [1.165, 1.54) is 6.07 Å². The molecule has 2 aromatic carbocycles. The third kappa shape index (κ3) is 5.87. The van der Waals surface area contributed by atoms with Gasteiger partial charge >= 0.3 is 5.97 Å². The fourth-order valence-corrected chi connectivity index (χ4v) is 5.59. The van der Waals surface area contributed by atoms with Gasteiger partial charge in [-0.1, -0.05) is 23.7 Å². The van der Waals surface area contributed by atoms with Crippen LogP contribution in [-0.2, 0) is 28.4 Å². The largest absolute Gasteiger partial charge is 0.478 e. The molecular formula is C30H33ClFN3O5. The van der Waals surface area contributed by atoms with Crippen molar-refractivity contribution in [2.45, 2.75) is 57.6 Å². The first-order valence-electron chi connectivity index (χ1n) is 13.3. The van der Waals surface area contributed by atoms with E-state index in [4.69, 9.17) is 30.9 Å². The van der Waals surface area contributed by atoms with Crippen molar-refractivity contribution in [2.24, 2.45) is 0 Å². The van der Waals surface area contributed by atoms with Gasteiger partial charge in [-0.25, -0.2) is 14.2 Å². The van der Waals surface area contributed by atoms with Crippen LogP contribution in [-0.4, -0.2) is 51.8 Å². The Bertz CT molecular complexity index is 1420. The normalized spacial score (nSPS) is 20.3. The number of aliphatic carboxylic acids is 1. The molecule has 0 spiro atoms. The van der Waals surface area contributed by atoms with Crippen LogP contribution in [0.15, 0.2) is 48.7 Å². The highest BCUT2D eigenvalue weighted by atomic mass is 35.5. The fourth-order valence-electron chi connectivity index (χ4n) is 5.43. The minimum absolute atomic E-state index is 0.0508. The number of fused-ring (bicyclic) bond motifs is 1. The lowest BCUT2D eigenvalue weighted by atomic mass is 9.88. The molecule has 8 nitrogen and oxygen atoms in total. The maximum Gasteiger partial charge on any atom is 0.328 e. The molecule has 3 heterocycles. The summed E-state index contributed by atoms with van der Waals surface area (Å²) in [7, 11) is 1.66. The highest BCUT2D eigenvalue weighted by Gasteiger charge is 2.43. The van der Waals surface area contributed by atoms with Crippen molar-refractivity contribution < 1.29 is 28.5 Å². The van der Waals surface area contributed by atoms with Crippen molar-refractivity contribution in [3.05, 3.63) is 82.2 Å². The van der Waals surface area contributed by atoms with E-state index in [1.807, 2.05) is 23.6 Å². The predicted molar refractivity (Wildman–Crippen MR) is 149 cm³/mol. The minimum Gasteiger partial charge on any atom is -0.478 e. The molecule has 3 aromatic rings. The molecule has 0 amide bonds. The van der Waals surface area contributed by atoms with Gasteiger partial charge < -0.3 is 23.9 Å². The van der Waals surface area contributed by atoms with Crippen molar-refractivity contribution in [1.29, 1.82) is 0 Å². The van der Waals surface area contributed by atoms with Crippen LogP contribution in [0.1, 0.15) is 55.3 Å². The average molecular weight is 570 g/mol. The standard InChI is InChI=1S/C30H33ClFN3O5/c1-19(38-3)17-35-22(8-10-28(36)37)16-33-27(35)18-34-13-11-20(12-14-34)23-5-4-6-26-29(23)40-30(2,39-26)24-9-7-21(31)15-25(24)32/h4-10,15-16,19-20H,11-14,17-18H2,1-3H3,(H,36,37)/b10-8+. The lowest BCUT2D eigenvalue weighted by Crippen LogP contribution is -2.34. The number of hydrogen-bond acceptors (Lipinski definition) is 6. The lowest BCUT2D eigenvalue weighted by Gasteiger charge is -2.32. The SMILES string of the molecule is COC(C)Cn1c(/C=C/C(=O)O)cnc1CN1CCC(c2cccc3c2OC(C)(c2ccc(Cl)cc2F)O3)CC1. The summed E-state index contributed by atoms with van der Waals surface area (Å²) >= 11 is 5.95. The number of hydrogen-bond donors (Lipinski definition) is 1.